The third kappa shape index (κ3) is 4.33. The lowest BCUT2D eigenvalue weighted by molar-refractivity contribution is -0.135. The third-order valence-electron chi connectivity index (χ3n) is 4.69. The lowest BCUT2D eigenvalue weighted by Crippen LogP contribution is -2.54. The number of hydrogen-bond donors (Lipinski definition) is 0. The Morgan fingerprint density at radius 2 is 1.72 bits per heavy atom. The predicted octanol–water partition coefficient (Wildman–Crippen LogP) is 1.65. The van der Waals surface area contributed by atoms with Gasteiger partial charge in [0.15, 0.2) is 0 Å². The van der Waals surface area contributed by atoms with E-state index in [2.05, 4.69) is 19.8 Å². The Hall–Kier alpha value is -2.47. The van der Waals surface area contributed by atoms with Gasteiger partial charge < -0.3 is 9.80 Å². The van der Waals surface area contributed by atoms with Crippen LogP contribution in [0.4, 0.5) is 5.95 Å². The highest BCUT2D eigenvalue weighted by Gasteiger charge is 2.28. The Morgan fingerprint density at radius 3 is 2.36 bits per heavy atom. The van der Waals surface area contributed by atoms with Gasteiger partial charge >= 0.3 is 0 Å². The largest absolute Gasteiger partial charge is 0.340 e. The Labute approximate surface area is 149 Å². The maximum atomic E-state index is 12.7. The highest BCUT2D eigenvalue weighted by Crippen LogP contribution is 2.13. The van der Waals surface area contributed by atoms with Gasteiger partial charge in [0.05, 0.1) is 6.04 Å². The number of carbonyl (C=O) groups excluding carboxylic acids is 1. The van der Waals surface area contributed by atoms with Gasteiger partial charge in [0.2, 0.25) is 11.9 Å². The molecule has 25 heavy (non-hydrogen) atoms. The Morgan fingerprint density at radius 1 is 1.08 bits per heavy atom. The number of carbonyl (C=O) groups is 1. The minimum atomic E-state index is -0.118. The van der Waals surface area contributed by atoms with E-state index in [1.54, 1.807) is 12.4 Å². The van der Waals surface area contributed by atoms with Crippen molar-refractivity contribution < 1.29 is 4.79 Å². The molecule has 0 bridgehead atoms. The number of amides is 1. The number of rotatable bonds is 5. The number of piperazine rings is 1. The van der Waals surface area contributed by atoms with E-state index in [1.807, 2.05) is 55.3 Å². The van der Waals surface area contributed by atoms with Crippen LogP contribution in [0.3, 0.4) is 0 Å². The zero-order valence-electron chi connectivity index (χ0n) is 14.9. The van der Waals surface area contributed by atoms with Crippen molar-refractivity contribution in [3.05, 3.63) is 54.4 Å². The van der Waals surface area contributed by atoms with Crippen LogP contribution < -0.4 is 4.90 Å². The van der Waals surface area contributed by atoms with Gasteiger partial charge in [0.25, 0.3) is 0 Å². The molecule has 1 fully saturated rings. The molecule has 2 aromatic rings. The first-order valence-electron chi connectivity index (χ1n) is 8.70. The fourth-order valence-electron chi connectivity index (χ4n) is 3.17. The topological polar surface area (TPSA) is 52.6 Å². The van der Waals surface area contributed by atoms with Crippen LogP contribution in [-0.2, 0) is 11.3 Å². The first-order valence-corrected chi connectivity index (χ1v) is 8.70. The lowest BCUT2D eigenvalue weighted by Gasteiger charge is -2.38. The SMILES string of the molecule is C[C@@H](C(=O)N(C)Cc1ccccc1)N1CCN(c2ncccn2)CC1. The predicted molar refractivity (Wildman–Crippen MR) is 98.2 cm³/mol. The molecule has 3 rings (SSSR count). The van der Waals surface area contributed by atoms with E-state index in [1.165, 1.54) is 0 Å². The molecule has 0 N–H and O–H groups in total. The molecule has 1 aliphatic rings. The van der Waals surface area contributed by atoms with Crippen molar-refractivity contribution in [2.24, 2.45) is 0 Å². The molecule has 6 nitrogen and oxygen atoms in total. The molecule has 0 aliphatic carbocycles. The van der Waals surface area contributed by atoms with Crippen molar-refractivity contribution in [1.29, 1.82) is 0 Å². The summed E-state index contributed by atoms with van der Waals surface area (Å²) >= 11 is 0. The van der Waals surface area contributed by atoms with Crippen molar-refractivity contribution in [3.63, 3.8) is 0 Å². The standard InChI is InChI=1S/C19H25N5O/c1-16(18(25)22(2)15-17-7-4-3-5-8-17)23-11-13-24(14-12-23)19-20-9-6-10-21-19/h3-10,16H,11-15H2,1-2H3/t16-/m0/s1. The second-order valence-electron chi connectivity index (χ2n) is 6.43. The molecular weight excluding hydrogens is 314 g/mol. The smallest absolute Gasteiger partial charge is 0.239 e. The minimum absolute atomic E-state index is 0.118. The number of anilines is 1. The molecule has 1 saturated heterocycles. The van der Waals surface area contributed by atoms with Gasteiger partial charge in [0.1, 0.15) is 0 Å². The molecule has 0 spiro atoms. The van der Waals surface area contributed by atoms with Crippen LogP contribution in [0.15, 0.2) is 48.8 Å². The van der Waals surface area contributed by atoms with Gasteiger partial charge in [-0.15, -0.1) is 0 Å². The van der Waals surface area contributed by atoms with Crippen molar-refractivity contribution >= 4 is 11.9 Å². The van der Waals surface area contributed by atoms with E-state index < -0.39 is 0 Å². The minimum Gasteiger partial charge on any atom is -0.340 e. The van der Waals surface area contributed by atoms with Gasteiger partial charge in [-0.1, -0.05) is 30.3 Å². The van der Waals surface area contributed by atoms with Crippen molar-refractivity contribution in [2.75, 3.05) is 38.1 Å². The number of likely N-dealkylation sites (N-methyl/N-ethyl adjacent to an activating group) is 1. The molecule has 1 aromatic carbocycles. The molecule has 0 radical (unpaired) electrons. The van der Waals surface area contributed by atoms with Gasteiger partial charge in [-0.2, -0.15) is 0 Å². The van der Waals surface area contributed by atoms with Crippen molar-refractivity contribution in [3.8, 4) is 0 Å². The van der Waals surface area contributed by atoms with Gasteiger partial charge in [-0.05, 0) is 18.6 Å². The number of aromatic nitrogens is 2. The normalized spacial score (nSPS) is 16.5. The molecular formula is C19H25N5O. The van der Waals surface area contributed by atoms with Crippen LogP contribution in [0.2, 0.25) is 0 Å². The Bertz CT molecular complexity index is 671. The van der Waals surface area contributed by atoms with E-state index in [4.69, 9.17) is 0 Å². The molecule has 2 heterocycles. The molecule has 132 valence electrons. The van der Waals surface area contributed by atoms with Gasteiger partial charge in [0, 0.05) is 52.2 Å². The highest BCUT2D eigenvalue weighted by molar-refractivity contribution is 5.81. The molecule has 6 heteroatoms. The highest BCUT2D eigenvalue weighted by atomic mass is 16.2. The Kier molecular flexibility index (Phi) is 5.60. The van der Waals surface area contributed by atoms with Gasteiger partial charge in [-0.3, -0.25) is 9.69 Å². The fraction of sp³-hybridized carbons (Fsp3) is 0.421. The second kappa shape index (κ2) is 8.07. The first-order chi connectivity index (χ1) is 12.1. The first kappa shape index (κ1) is 17.4. The molecule has 1 aliphatic heterocycles. The maximum Gasteiger partial charge on any atom is 0.239 e. The van der Waals surface area contributed by atoms with Crippen LogP contribution in [0.25, 0.3) is 0 Å². The average Bonchev–Trinajstić information content (AvgIpc) is 2.68. The summed E-state index contributed by atoms with van der Waals surface area (Å²) in [5.74, 6) is 0.926. The van der Waals surface area contributed by atoms with E-state index in [0.29, 0.717) is 6.54 Å². The third-order valence-corrected chi connectivity index (χ3v) is 4.69. The van der Waals surface area contributed by atoms with Crippen LogP contribution in [0, 0.1) is 0 Å². The molecule has 0 unspecified atom stereocenters. The van der Waals surface area contributed by atoms with Crippen molar-refractivity contribution in [1.82, 2.24) is 19.8 Å². The quantitative estimate of drug-likeness (QED) is 0.829. The summed E-state index contributed by atoms with van der Waals surface area (Å²) in [6.07, 6.45) is 3.53. The average molecular weight is 339 g/mol. The Balaban J connectivity index is 1.53. The fourth-order valence-corrected chi connectivity index (χ4v) is 3.17. The second-order valence-corrected chi connectivity index (χ2v) is 6.43. The summed E-state index contributed by atoms with van der Waals surface area (Å²) in [5.41, 5.74) is 1.15. The van der Waals surface area contributed by atoms with Crippen molar-refractivity contribution in [2.45, 2.75) is 19.5 Å². The van der Waals surface area contributed by atoms with Crippen LogP contribution >= 0.6 is 0 Å². The summed E-state index contributed by atoms with van der Waals surface area (Å²) in [6.45, 7) is 5.99. The molecule has 1 atom stereocenters. The van der Waals surface area contributed by atoms with Crippen LogP contribution in [-0.4, -0.2) is 64.9 Å². The van der Waals surface area contributed by atoms with E-state index >= 15 is 0 Å². The number of benzene rings is 1. The lowest BCUT2D eigenvalue weighted by atomic mass is 10.1. The number of nitrogens with zero attached hydrogens (tertiary/aromatic N) is 5. The summed E-state index contributed by atoms with van der Waals surface area (Å²) < 4.78 is 0. The summed E-state index contributed by atoms with van der Waals surface area (Å²) in [5, 5.41) is 0. The summed E-state index contributed by atoms with van der Waals surface area (Å²) in [4.78, 5) is 27.6. The zero-order chi connectivity index (χ0) is 17.6. The summed E-state index contributed by atoms with van der Waals surface area (Å²) in [6, 6.07) is 11.8. The summed E-state index contributed by atoms with van der Waals surface area (Å²) in [7, 11) is 1.87. The van der Waals surface area contributed by atoms with Crippen LogP contribution in [0.1, 0.15) is 12.5 Å². The zero-order valence-corrected chi connectivity index (χ0v) is 14.9. The molecule has 0 saturated carbocycles. The molecule has 1 amide bonds. The maximum absolute atomic E-state index is 12.7. The van der Waals surface area contributed by atoms with E-state index in [9.17, 15) is 4.79 Å². The van der Waals surface area contributed by atoms with Crippen LogP contribution in [0.5, 0.6) is 0 Å². The van der Waals surface area contributed by atoms with E-state index in [-0.39, 0.29) is 11.9 Å². The van der Waals surface area contributed by atoms with E-state index in [0.717, 1.165) is 37.7 Å². The van der Waals surface area contributed by atoms with Gasteiger partial charge in [-0.25, -0.2) is 9.97 Å². The monoisotopic (exact) mass is 339 g/mol. The molecule has 1 aromatic heterocycles. The number of hydrogen-bond acceptors (Lipinski definition) is 5.